The largest absolute Gasteiger partial charge is 0.310 e. The average Bonchev–Trinajstić information content (AvgIpc) is 2.46. The number of pyridine rings is 1. The second-order valence-corrected chi connectivity index (χ2v) is 5.59. The summed E-state index contributed by atoms with van der Waals surface area (Å²) in [6.07, 6.45) is 5.23. The lowest BCUT2D eigenvalue weighted by atomic mass is 9.96. The Morgan fingerprint density at radius 2 is 2.14 bits per heavy atom. The highest BCUT2D eigenvalue weighted by Crippen LogP contribution is 2.26. The van der Waals surface area contributed by atoms with Crippen LogP contribution in [0.4, 0.5) is 4.39 Å². The number of aryl methyl sites for hydroxylation is 1. The molecule has 0 saturated carbocycles. The van der Waals surface area contributed by atoms with Crippen molar-refractivity contribution < 1.29 is 4.39 Å². The highest BCUT2D eigenvalue weighted by molar-refractivity contribution is 6.31. The van der Waals surface area contributed by atoms with Crippen molar-refractivity contribution in [3.63, 3.8) is 0 Å². The first-order valence-corrected chi connectivity index (χ1v) is 7.57. The highest BCUT2D eigenvalue weighted by Gasteiger charge is 2.16. The maximum atomic E-state index is 13.2. The van der Waals surface area contributed by atoms with Crippen LogP contribution in [0.15, 0.2) is 36.7 Å². The summed E-state index contributed by atoms with van der Waals surface area (Å²) >= 11 is 6.27. The third kappa shape index (κ3) is 4.26. The molecule has 0 bridgehead atoms. The van der Waals surface area contributed by atoms with Gasteiger partial charge in [-0.15, -0.1) is 0 Å². The van der Waals surface area contributed by atoms with Gasteiger partial charge < -0.3 is 5.32 Å². The molecule has 0 aliphatic heterocycles. The van der Waals surface area contributed by atoms with E-state index in [1.165, 1.54) is 6.07 Å². The Morgan fingerprint density at radius 3 is 2.81 bits per heavy atom. The molecule has 2 aromatic rings. The third-order valence-electron chi connectivity index (χ3n) is 3.55. The Kier molecular flexibility index (Phi) is 5.71. The van der Waals surface area contributed by atoms with Gasteiger partial charge in [-0.1, -0.05) is 24.6 Å². The van der Waals surface area contributed by atoms with Gasteiger partial charge in [0.2, 0.25) is 0 Å². The zero-order valence-electron chi connectivity index (χ0n) is 12.4. The summed E-state index contributed by atoms with van der Waals surface area (Å²) in [5.41, 5.74) is 3.12. The van der Waals surface area contributed by atoms with E-state index in [9.17, 15) is 4.39 Å². The van der Waals surface area contributed by atoms with Crippen LogP contribution in [-0.4, -0.2) is 11.5 Å². The van der Waals surface area contributed by atoms with Crippen molar-refractivity contribution in [3.05, 3.63) is 64.2 Å². The molecule has 1 aromatic heterocycles. The van der Waals surface area contributed by atoms with Crippen molar-refractivity contribution in [2.24, 2.45) is 0 Å². The van der Waals surface area contributed by atoms with Crippen LogP contribution in [0.25, 0.3) is 0 Å². The standard InChI is InChI=1S/C17H20ClFN2/c1-3-7-21-17(15-6-8-20-11-16(15)18)10-13-4-5-14(19)9-12(13)2/h4-6,8-9,11,17,21H,3,7,10H2,1-2H3. The summed E-state index contributed by atoms with van der Waals surface area (Å²) in [4.78, 5) is 4.03. The number of aromatic nitrogens is 1. The van der Waals surface area contributed by atoms with Gasteiger partial charge in [0, 0.05) is 18.4 Å². The van der Waals surface area contributed by atoms with Gasteiger partial charge in [-0.05, 0) is 61.2 Å². The van der Waals surface area contributed by atoms with Crippen molar-refractivity contribution in [2.45, 2.75) is 32.7 Å². The second-order valence-electron chi connectivity index (χ2n) is 5.18. The average molecular weight is 307 g/mol. The van der Waals surface area contributed by atoms with Gasteiger partial charge in [-0.2, -0.15) is 0 Å². The van der Waals surface area contributed by atoms with Crippen LogP contribution < -0.4 is 5.32 Å². The van der Waals surface area contributed by atoms with Crippen molar-refractivity contribution in [1.29, 1.82) is 0 Å². The summed E-state index contributed by atoms with van der Waals surface area (Å²) in [5.74, 6) is -0.198. The zero-order valence-corrected chi connectivity index (χ0v) is 13.1. The smallest absolute Gasteiger partial charge is 0.123 e. The highest BCUT2D eigenvalue weighted by atomic mass is 35.5. The Balaban J connectivity index is 2.26. The van der Waals surface area contributed by atoms with E-state index in [-0.39, 0.29) is 11.9 Å². The minimum absolute atomic E-state index is 0.101. The van der Waals surface area contributed by atoms with Gasteiger partial charge in [0.25, 0.3) is 0 Å². The Labute approximate surface area is 130 Å². The number of hydrogen-bond acceptors (Lipinski definition) is 2. The van der Waals surface area contributed by atoms with Gasteiger partial charge in [0.05, 0.1) is 5.02 Å². The minimum Gasteiger partial charge on any atom is -0.310 e. The van der Waals surface area contributed by atoms with Gasteiger partial charge >= 0.3 is 0 Å². The molecule has 1 atom stereocenters. The maximum Gasteiger partial charge on any atom is 0.123 e. The van der Waals surface area contributed by atoms with E-state index in [1.807, 2.05) is 19.1 Å². The van der Waals surface area contributed by atoms with Crippen molar-refractivity contribution in [3.8, 4) is 0 Å². The molecular formula is C17H20ClFN2. The first kappa shape index (κ1) is 15.9. The summed E-state index contributed by atoms with van der Waals surface area (Å²) in [5, 5.41) is 4.17. The Morgan fingerprint density at radius 1 is 1.33 bits per heavy atom. The van der Waals surface area contributed by atoms with Crippen LogP contribution in [0.2, 0.25) is 5.02 Å². The molecule has 21 heavy (non-hydrogen) atoms. The molecule has 4 heteroatoms. The van der Waals surface area contributed by atoms with Gasteiger partial charge in [-0.25, -0.2) is 4.39 Å². The van der Waals surface area contributed by atoms with E-state index in [0.29, 0.717) is 5.02 Å². The van der Waals surface area contributed by atoms with E-state index in [4.69, 9.17) is 11.6 Å². The van der Waals surface area contributed by atoms with Crippen LogP contribution in [0, 0.1) is 12.7 Å². The molecule has 2 rings (SSSR count). The fourth-order valence-corrected chi connectivity index (χ4v) is 2.64. The SMILES string of the molecule is CCCNC(Cc1ccc(F)cc1C)c1ccncc1Cl. The number of benzene rings is 1. The monoisotopic (exact) mass is 306 g/mol. The van der Waals surface area contributed by atoms with E-state index in [1.54, 1.807) is 18.5 Å². The molecule has 1 unspecified atom stereocenters. The molecule has 1 aromatic carbocycles. The Bertz CT molecular complexity index is 601. The fraction of sp³-hybridized carbons (Fsp3) is 0.353. The van der Waals surface area contributed by atoms with Gasteiger partial charge in [-0.3, -0.25) is 4.98 Å². The third-order valence-corrected chi connectivity index (χ3v) is 3.86. The van der Waals surface area contributed by atoms with Crippen molar-refractivity contribution in [2.75, 3.05) is 6.54 Å². The van der Waals surface area contributed by atoms with Crippen LogP contribution in [0.3, 0.4) is 0 Å². The van der Waals surface area contributed by atoms with Crippen LogP contribution in [-0.2, 0) is 6.42 Å². The molecule has 1 heterocycles. The van der Waals surface area contributed by atoms with Gasteiger partial charge in [0.15, 0.2) is 0 Å². The minimum atomic E-state index is -0.198. The molecule has 0 spiro atoms. The summed E-state index contributed by atoms with van der Waals surface area (Å²) in [7, 11) is 0. The lowest BCUT2D eigenvalue weighted by Crippen LogP contribution is -2.24. The molecule has 0 radical (unpaired) electrons. The number of rotatable bonds is 6. The zero-order chi connectivity index (χ0) is 15.2. The molecule has 2 nitrogen and oxygen atoms in total. The molecule has 0 aliphatic rings. The lowest BCUT2D eigenvalue weighted by Gasteiger charge is -2.21. The molecular weight excluding hydrogens is 287 g/mol. The van der Waals surface area contributed by atoms with Crippen molar-refractivity contribution >= 4 is 11.6 Å². The summed E-state index contributed by atoms with van der Waals surface area (Å²) < 4.78 is 13.2. The normalized spacial score (nSPS) is 12.4. The van der Waals surface area contributed by atoms with Crippen LogP contribution in [0.5, 0.6) is 0 Å². The number of halogens is 2. The molecule has 0 aliphatic carbocycles. The molecule has 0 fully saturated rings. The number of nitrogens with one attached hydrogen (secondary N) is 1. The number of nitrogens with zero attached hydrogens (tertiary/aromatic N) is 1. The fourth-order valence-electron chi connectivity index (χ4n) is 2.39. The first-order chi connectivity index (χ1) is 10.1. The summed E-state index contributed by atoms with van der Waals surface area (Å²) in [6, 6.07) is 6.97. The topological polar surface area (TPSA) is 24.9 Å². The number of hydrogen-bond donors (Lipinski definition) is 1. The Hall–Kier alpha value is -1.45. The molecule has 0 amide bonds. The van der Waals surface area contributed by atoms with E-state index < -0.39 is 0 Å². The predicted molar refractivity (Wildman–Crippen MR) is 85.1 cm³/mol. The lowest BCUT2D eigenvalue weighted by molar-refractivity contribution is 0.527. The maximum absolute atomic E-state index is 13.2. The second kappa shape index (κ2) is 7.53. The van der Waals surface area contributed by atoms with E-state index in [2.05, 4.69) is 17.2 Å². The quantitative estimate of drug-likeness (QED) is 0.852. The van der Waals surface area contributed by atoms with Crippen molar-refractivity contribution in [1.82, 2.24) is 10.3 Å². The van der Waals surface area contributed by atoms with E-state index >= 15 is 0 Å². The van der Waals surface area contributed by atoms with Crippen LogP contribution in [0.1, 0.15) is 36.1 Å². The first-order valence-electron chi connectivity index (χ1n) is 7.19. The van der Waals surface area contributed by atoms with E-state index in [0.717, 1.165) is 36.1 Å². The summed E-state index contributed by atoms with van der Waals surface area (Å²) in [6.45, 7) is 4.97. The predicted octanol–water partition coefficient (Wildman–Crippen LogP) is 4.47. The van der Waals surface area contributed by atoms with Gasteiger partial charge in [0.1, 0.15) is 5.82 Å². The molecule has 1 N–H and O–H groups in total. The molecule has 0 saturated heterocycles. The molecule has 112 valence electrons. The van der Waals surface area contributed by atoms with Crippen LogP contribution >= 0.6 is 11.6 Å².